The lowest BCUT2D eigenvalue weighted by Crippen LogP contribution is -2.47. The maximum atomic E-state index is 13.4. The number of carbonyl (C=O) groups is 1. The summed E-state index contributed by atoms with van der Waals surface area (Å²) in [6.07, 6.45) is 3.28. The highest BCUT2D eigenvalue weighted by molar-refractivity contribution is 5.82. The van der Waals surface area contributed by atoms with Crippen molar-refractivity contribution in [1.82, 2.24) is 25.1 Å². The Labute approximate surface area is 165 Å². The minimum Gasteiger partial charge on any atom is -0.331 e. The Bertz CT molecular complexity index is 909. The van der Waals surface area contributed by atoms with Crippen LogP contribution in [-0.2, 0) is 17.6 Å². The molecule has 0 radical (unpaired) electrons. The van der Waals surface area contributed by atoms with Gasteiger partial charge in [-0.2, -0.15) is 0 Å². The number of hydrogen-bond donors (Lipinski definition) is 0. The van der Waals surface area contributed by atoms with E-state index in [0.29, 0.717) is 13.0 Å². The van der Waals surface area contributed by atoms with Gasteiger partial charge in [-0.05, 0) is 40.8 Å². The maximum Gasteiger partial charge on any atom is 0.248 e. The van der Waals surface area contributed by atoms with Crippen LogP contribution in [0.3, 0.4) is 0 Å². The zero-order valence-electron chi connectivity index (χ0n) is 16.1. The van der Waals surface area contributed by atoms with Crippen LogP contribution in [0.2, 0.25) is 0 Å². The second-order valence-electron chi connectivity index (χ2n) is 7.23. The van der Waals surface area contributed by atoms with Gasteiger partial charge in [0.15, 0.2) is 5.82 Å². The Morgan fingerprint density at radius 2 is 1.61 bits per heavy atom. The van der Waals surface area contributed by atoms with Crippen molar-refractivity contribution in [3.8, 4) is 0 Å². The third kappa shape index (κ3) is 3.67. The van der Waals surface area contributed by atoms with Crippen LogP contribution >= 0.6 is 0 Å². The van der Waals surface area contributed by atoms with Crippen LogP contribution in [0.1, 0.15) is 48.8 Å². The second kappa shape index (κ2) is 8.33. The van der Waals surface area contributed by atoms with Gasteiger partial charge in [-0.3, -0.25) is 4.79 Å². The van der Waals surface area contributed by atoms with Crippen LogP contribution in [0.5, 0.6) is 0 Å². The van der Waals surface area contributed by atoms with E-state index in [0.717, 1.165) is 30.7 Å². The van der Waals surface area contributed by atoms with E-state index in [9.17, 15) is 4.79 Å². The first-order valence-electron chi connectivity index (χ1n) is 9.94. The molecule has 2 heterocycles. The summed E-state index contributed by atoms with van der Waals surface area (Å²) in [5.74, 6) is 0.909. The zero-order chi connectivity index (χ0) is 19.3. The van der Waals surface area contributed by atoms with Gasteiger partial charge in [-0.1, -0.05) is 67.6 Å². The first kappa shape index (κ1) is 18.3. The first-order valence-corrected chi connectivity index (χ1v) is 9.94. The highest BCUT2D eigenvalue weighted by Crippen LogP contribution is 2.33. The Kier molecular flexibility index (Phi) is 5.46. The van der Waals surface area contributed by atoms with Gasteiger partial charge in [-0.15, -0.1) is 5.10 Å². The molecule has 1 aromatic heterocycles. The molecule has 0 fully saturated rings. The fourth-order valence-corrected chi connectivity index (χ4v) is 4.01. The van der Waals surface area contributed by atoms with E-state index >= 15 is 0 Å². The molecule has 1 amide bonds. The number of amides is 1. The van der Waals surface area contributed by atoms with E-state index in [1.54, 1.807) is 4.68 Å². The van der Waals surface area contributed by atoms with Crippen LogP contribution in [0.15, 0.2) is 60.7 Å². The van der Waals surface area contributed by atoms with Crippen LogP contribution in [0.4, 0.5) is 0 Å². The molecule has 0 spiro atoms. The number of rotatable bonds is 7. The van der Waals surface area contributed by atoms with Crippen molar-refractivity contribution in [1.29, 1.82) is 0 Å². The molecule has 144 valence electrons. The van der Waals surface area contributed by atoms with Gasteiger partial charge in [0.05, 0.1) is 6.04 Å². The molecule has 0 saturated carbocycles. The number of nitrogens with zero attached hydrogens (tertiary/aromatic N) is 5. The number of fused-ring (bicyclic) bond motifs is 1. The summed E-state index contributed by atoms with van der Waals surface area (Å²) < 4.78 is 1.73. The fraction of sp³-hybridized carbons (Fsp3) is 0.364. The Hall–Kier alpha value is -3.02. The topological polar surface area (TPSA) is 63.9 Å². The van der Waals surface area contributed by atoms with Gasteiger partial charge in [0.2, 0.25) is 5.91 Å². The van der Waals surface area contributed by atoms with Crippen LogP contribution in [0.25, 0.3) is 0 Å². The molecular formula is C22H25N5O. The number of hydrogen-bond acceptors (Lipinski definition) is 4. The molecule has 2 aromatic carbocycles. The number of tetrazole rings is 1. The lowest BCUT2D eigenvalue weighted by atomic mass is 9.99. The monoisotopic (exact) mass is 375 g/mol. The SMILES string of the molecule is CCC1c2nnnn2C(Cc2ccccc2)C(=O)N1CCCc1ccccc1. The highest BCUT2D eigenvalue weighted by Gasteiger charge is 2.40. The average Bonchev–Trinajstić information content (AvgIpc) is 3.22. The largest absolute Gasteiger partial charge is 0.331 e. The number of aromatic nitrogens is 4. The first-order chi connectivity index (χ1) is 13.8. The molecule has 2 unspecified atom stereocenters. The summed E-state index contributed by atoms with van der Waals surface area (Å²) in [5, 5.41) is 12.3. The maximum absolute atomic E-state index is 13.4. The van der Waals surface area contributed by atoms with Crippen LogP contribution in [-0.4, -0.2) is 37.6 Å². The molecule has 0 bridgehead atoms. The van der Waals surface area contributed by atoms with Crippen LogP contribution < -0.4 is 0 Å². The molecule has 0 saturated heterocycles. The Morgan fingerprint density at radius 3 is 2.29 bits per heavy atom. The minimum atomic E-state index is -0.382. The van der Waals surface area contributed by atoms with Crippen LogP contribution in [0, 0.1) is 0 Å². The van der Waals surface area contributed by atoms with Crippen molar-refractivity contribution in [2.24, 2.45) is 0 Å². The van der Waals surface area contributed by atoms with Crippen molar-refractivity contribution >= 4 is 5.91 Å². The van der Waals surface area contributed by atoms with Crippen molar-refractivity contribution < 1.29 is 4.79 Å². The molecule has 3 aromatic rings. The lowest BCUT2D eigenvalue weighted by Gasteiger charge is -2.38. The van der Waals surface area contributed by atoms with Crippen molar-refractivity contribution in [2.45, 2.75) is 44.7 Å². The van der Waals surface area contributed by atoms with E-state index in [-0.39, 0.29) is 18.0 Å². The van der Waals surface area contributed by atoms with E-state index < -0.39 is 0 Å². The van der Waals surface area contributed by atoms with E-state index in [1.165, 1.54) is 5.56 Å². The molecule has 4 rings (SSSR count). The minimum absolute atomic E-state index is 0.0645. The molecule has 1 aliphatic heterocycles. The average molecular weight is 375 g/mol. The Balaban J connectivity index is 1.54. The van der Waals surface area contributed by atoms with Gasteiger partial charge in [0, 0.05) is 13.0 Å². The van der Waals surface area contributed by atoms with E-state index in [2.05, 4.69) is 46.7 Å². The quantitative estimate of drug-likeness (QED) is 0.635. The third-order valence-electron chi connectivity index (χ3n) is 5.42. The van der Waals surface area contributed by atoms with Crippen molar-refractivity contribution in [3.63, 3.8) is 0 Å². The second-order valence-corrected chi connectivity index (χ2v) is 7.23. The molecule has 0 N–H and O–H groups in total. The highest BCUT2D eigenvalue weighted by atomic mass is 16.2. The summed E-state index contributed by atoms with van der Waals surface area (Å²) in [4.78, 5) is 15.4. The van der Waals surface area contributed by atoms with Gasteiger partial charge < -0.3 is 4.90 Å². The van der Waals surface area contributed by atoms with E-state index in [1.807, 2.05) is 41.3 Å². The van der Waals surface area contributed by atoms with E-state index in [4.69, 9.17) is 0 Å². The van der Waals surface area contributed by atoms with Gasteiger partial charge in [0.25, 0.3) is 0 Å². The summed E-state index contributed by atoms with van der Waals surface area (Å²) in [6, 6.07) is 20.0. The summed E-state index contributed by atoms with van der Waals surface area (Å²) in [5.41, 5.74) is 2.41. The van der Waals surface area contributed by atoms with Gasteiger partial charge in [0.1, 0.15) is 6.04 Å². The number of carbonyl (C=O) groups excluding carboxylic acids is 1. The molecule has 6 heteroatoms. The normalized spacial score (nSPS) is 18.9. The Morgan fingerprint density at radius 1 is 0.929 bits per heavy atom. The van der Waals surface area contributed by atoms with Crippen molar-refractivity contribution in [3.05, 3.63) is 77.6 Å². The standard InChI is InChI=1S/C22H25N5O/c1-2-19-21-23-24-25-27(21)20(16-18-12-7-4-8-13-18)22(28)26(19)15-9-14-17-10-5-3-6-11-17/h3-8,10-13,19-20H,2,9,14-16H2,1H3. The summed E-state index contributed by atoms with van der Waals surface area (Å²) in [7, 11) is 0. The number of aryl methyl sites for hydroxylation is 1. The smallest absolute Gasteiger partial charge is 0.248 e. The predicted molar refractivity (Wildman–Crippen MR) is 107 cm³/mol. The molecule has 2 atom stereocenters. The molecule has 0 aliphatic carbocycles. The predicted octanol–water partition coefficient (Wildman–Crippen LogP) is 3.38. The lowest BCUT2D eigenvalue weighted by molar-refractivity contribution is -0.140. The van der Waals surface area contributed by atoms with Gasteiger partial charge >= 0.3 is 0 Å². The third-order valence-corrected chi connectivity index (χ3v) is 5.42. The molecule has 28 heavy (non-hydrogen) atoms. The zero-order valence-corrected chi connectivity index (χ0v) is 16.1. The number of benzene rings is 2. The molecular weight excluding hydrogens is 350 g/mol. The summed E-state index contributed by atoms with van der Waals surface area (Å²) in [6.45, 7) is 2.79. The van der Waals surface area contributed by atoms with Gasteiger partial charge in [-0.25, -0.2) is 4.68 Å². The summed E-state index contributed by atoms with van der Waals surface area (Å²) >= 11 is 0. The molecule has 1 aliphatic rings. The van der Waals surface area contributed by atoms with Crippen molar-refractivity contribution in [2.75, 3.05) is 6.54 Å². The fourth-order valence-electron chi connectivity index (χ4n) is 4.01. The molecule has 6 nitrogen and oxygen atoms in total.